The summed E-state index contributed by atoms with van der Waals surface area (Å²) in [7, 11) is 5.34. The van der Waals surface area contributed by atoms with Crippen molar-refractivity contribution in [3.8, 4) is 11.8 Å². The molecule has 36 heavy (non-hydrogen) atoms. The van der Waals surface area contributed by atoms with Crippen LogP contribution in [0, 0.1) is 16.7 Å². The Morgan fingerprint density at radius 3 is 2.58 bits per heavy atom. The minimum absolute atomic E-state index is 0.0114. The fourth-order valence-electron chi connectivity index (χ4n) is 6.07. The first-order valence-corrected chi connectivity index (χ1v) is 13.2. The van der Waals surface area contributed by atoms with Crippen LogP contribution < -0.4 is 4.74 Å². The zero-order chi connectivity index (χ0) is 25.7. The van der Waals surface area contributed by atoms with Crippen molar-refractivity contribution in [3.05, 3.63) is 29.3 Å². The Kier molecular flexibility index (Phi) is 8.53. The third-order valence-corrected chi connectivity index (χ3v) is 8.13. The van der Waals surface area contributed by atoms with Gasteiger partial charge in [-0.3, -0.25) is 9.59 Å². The molecule has 0 N–H and O–H groups in total. The van der Waals surface area contributed by atoms with Gasteiger partial charge in [0, 0.05) is 47.1 Å². The largest absolute Gasteiger partial charge is 0.493 e. The second kappa shape index (κ2) is 11.6. The van der Waals surface area contributed by atoms with E-state index in [0.29, 0.717) is 49.4 Å². The van der Waals surface area contributed by atoms with Crippen LogP contribution in [0.15, 0.2) is 18.2 Å². The Morgan fingerprint density at radius 1 is 1.08 bits per heavy atom. The highest BCUT2D eigenvalue weighted by Gasteiger charge is 2.39. The Labute approximate surface area is 214 Å². The maximum absolute atomic E-state index is 13.6. The van der Waals surface area contributed by atoms with E-state index in [4.69, 9.17) is 14.2 Å². The lowest BCUT2D eigenvalue weighted by atomic mass is 9.71. The van der Waals surface area contributed by atoms with Gasteiger partial charge in [0.25, 0.3) is 5.91 Å². The quantitative estimate of drug-likeness (QED) is 0.587. The topological polar surface area (TPSA) is 92.1 Å². The van der Waals surface area contributed by atoms with Crippen molar-refractivity contribution in [1.82, 2.24) is 9.80 Å². The summed E-state index contributed by atoms with van der Waals surface area (Å²) in [6.45, 7) is 1.37. The highest BCUT2D eigenvalue weighted by atomic mass is 16.5. The van der Waals surface area contributed by atoms with Gasteiger partial charge in [-0.2, -0.15) is 5.26 Å². The van der Waals surface area contributed by atoms with E-state index in [9.17, 15) is 14.9 Å². The van der Waals surface area contributed by atoms with E-state index >= 15 is 0 Å². The number of fused-ring (bicyclic) bond motifs is 3. The van der Waals surface area contributed by atoms with E-state index in [1.807, 2.05) is 7.05 Å². The van der Waals surface area contributed by atoms with Crippen LogP contribution in [0.1, 0.15) is 73.7 Å². The van der Waals surface area contributed by atoms with Crippen molar-refractivity contribution in [3.63, 3.8) is 0 Å². The lowest BCUT2D eigenvalue weighted by molar-refractivity contribution is -0.152. The number of ether oxygens (including phenoxy) is 3. The number of hydrogen-bond acceptors (Lipinski definition) is 6. The minimum atomic E-state index is -0.268. The van der Waals surface area contributed by atoms with Crippen molar-refractivity contribution < 1.29 is 23.8 Å². The van der Waals surface area contributed by atoms with E-state index in [0.717, 1.165) is 44.9 Å². The van der Waals surface area contributed by atoms with Crippen LogP contribution in [-0.2, 0) is 14.3 Å². The van der Waals surface area contributed by atoms with Gasteiger partial charge in [0.1, 0.15) is 11.9 Å². The number of carbonyl (C=O) groups is 2. The van der Waals surface area contributed by atoms with Gasteiger partial charge < -0.3 is 24.0 Å². The van der Waals surface area contributed by atoms with Crippen molar-refractivity contribution in [2.45, 2.75) is 76.1 Å². The molecule has 196 valence electrons. The lowest BCUT2D eigenvalue weighted by Crippen LogP contribution is -2.49. The summed E-state index contributed by atoms with van der Waals surface area (Å²) in [5.41, 5.74) is 0.539. The summed E-state index contributed by atoms with van der Waals surface area (Å²) < 4.78 is 18.2. The van der Waals surface area contributed by atoms with Crippen LogP contribution in [0.4, 0.5) is 0 Å². The van der Waals surface area contributed by atoms with Gasteiger partial charge in [-0.05, 0) is 49.3 Å². The van der Waals surface area contributed by atoms with E-state index in [1.165, 1.54) is 0 Å². The first-order chi connectivity index (χ1) is 17.3. The molecule has 1 aromatic carbocycles. The summed E-state index contributed by atoms with van der Waals surface area (Å²) >= 11 is 0. The molecule has 2 amide bonds. The predicted molar refractivity (Wildman–Crippen MR) is 135 cm³/mol. The first kappa shape index (κ1) is 26.4. The van der Waals surface area contributed by atoms with Gasteiger partial charge in [0.2, 0.25) is 5.91 Å². The third-order valence-electron chi connectivity index (χ3n) is 8.13. The molecule has 0 aromatic heterocycles. The first-order valence-electron chi connectivity index (χ1n) is 13.2. The fraction of sp³-hybridized carbons (Fsp3) is 0.679. The van der Waals surface area contributed by atoms with Crippen LogP contribution in [0.25, 0.3) is 0 Å². The molecule has 8 nitrogen and oxygen atoms in total. The summed E-state index contributed by atoms with van der Waals surface area (Å²) in [5.74, 6) is 0.381. The molecule has 4 rings (SSSR count). The number of rotatable bonds is 1. The normalized spacial score (nSPS) is 27.8. The second-order valence-corrected chi connectivity index (χ2v) is 10.8. The number of benzene rings is 1. The number of nitrogens with zero attached hydrogens (tertiary/aromatic N) is 3. The van der Waals surface area contributed by atoms with Gasteiger partial charge in [-0.1, -0.05) is 19.3 Å². The molecular formula is C28H39N3O5. The Balaban J connectivity index is 1.66. The second-order valence-electron chi connectivity index (χ2n) is 10.8. The highest BCUT2D eigenvalue weighted by molar-refractivity contribution is 5.97. The van der Waals surface area contributed by atoms with Gasteiger partial charge in [-0.25, -0.2) is 0 Å². The molecule has 3 aliphatic rings. The van der Waals surface area contributed by atoms with Crippen molar-refractivity contribution in [1.29, 1.82) is 5.26 Å². The van der Waals surface area contributed by atoms with Crippen LogP contribution in [0.3, 0.4) is 0 Å². The maximum Gasteiger partial charge on any atom is 0.257 e. The highest BCUT2D eigenvalue weighted by Crippen LogP contribution is 2.41. The maximum atomic E-state index is 13.6. The van der Waals surface area contributed by atoms with E-state index in [2.05, 4.69) is 6.07 Å². The molecule has 1 saturated heterocycles. The molecule has 1 aliphatic carbocycles. The van der Waals surface area contributed by atoms with E-state index in [-0.39, 0.29) is 35.5 Å². The Morgan fingerprint density at radius 2 is 1.86 bits per heavy atom. The molecule has 2 fully saturated rings. The number of amides is 2. The third kappa shape index (κ3) is 6.01. The molecular weight excluding hydrogens is 458 g/mol. The Bertz CT molecular complexity index is 984. The molecule has 1 spiro atoms. The van der Waals surface area contributed by atoms with E-state index < -0.39 is 0 Å². The van der Waals surface area contributed by atoms with Gasteiger partial charge in [0.15, 0.2) is 0 Å². The summed E-state index contributed by atoms with van der Waals surface area (Å²) in [5, 5.41) is 9.43. The average Bonchev–Trinajstić information content (AvgIpc) is 2.88. The standard InChI is InChI=1S/C28H39N3O5/c1-30-18-25-24(34-3)10-8-21(36-25)11-14-35-23-9-7-20(17-29)15-22(23)27(33)31(2)19-28(16-26(30)32)12-5-4-6-13-28/h7,9,15,21,24-25H,4-6,8,10-14,16,18-19H2,1-3H3/t21-,24+,25-/m0/s1. The number of methoxy groups -OCH3 is 1. The zero-order valence-electron chi connectivity index (χ0n) is 21.8. The molecule has 2 bridgehead atoms. The molecule has 2 aliphatic heterocycles. The SMILES string of the molecule is CO[C@@H]1CC[C@H]2CCOc3ccc(C#N)cc3C(=O)N(C)CC3(CCCCC3)CC(=O)N(C)C[C@@H]1O2. The van der Waals surface area contributed by atoms with Crippen LogP contribution in [0.5, 0.6) is 5.75 Å². The van der Waals surface area contributed by atoms with Crippen molar-refractivity contribution in [2.75, 3.05) is 40.9 Å². The molecule has 0 unspecified atom stereocenters. The van der Waals surface area contributed by atoms with Crippen LogP contribution in [-0.4, -0.2) is 80.8 Å². The zero-order valence-corrected chi connectivity index (χ0v) is 21.8. The fourth-order valence-corrected chi connectivity index (χ4v) is 6.07. The van der Waals surface area contributed by atoms with Crippen LogP contribution in [0.2, 0.25) is 0 Å². The number of nitriles is 1. The average molecular weight is 498 g/mol. The van der Waals surface area contributed by atoms with Gasteiger partial charge >= 0.3 is 0 Å². The van der Waals surface area contributed by atoms with Crippen LogP contribution >= 0.6 is 0 Å². The molecule has 2 heterocycles. The summed E-state index contributed by atoms with van der Waals surface area (Å²) in [6.07, 6.45) is 7.61. The smallest absolute Gasteiger partial charge is 0.257 e. The van der Waals surface area contributed by atoms with Crippen molar-refractivity contribution >= 4 is 11.8 Å². The molecule has 8 heteroatoms. The van der Waals surface area contributed by atoms with E-state index in [1.54, 1.807) is 42.2 Å². The lowest BCUT2D eigenvalue weighted by Gasteiger charge is -2.42. The number of likely N-dealkylation sites (N-methyl/N-ethyl adjacent to an activating group) is 1. The number of carbonyl (C=O) groups excluding carboxylic acids is 2. The summed E-state index contributed by atoms with van der Waals surface area (Å²) in [6, 6.07) is 7.13. The molecule has 1 aromatic rings. The van der Waals surface area contributed by atoms with Crippen molar-refractivity contribution in [2.24, 2.45) is 5.41 Å². The monoisotopic (exact) mass is 497 g/mol. The van der Waals surface area contributed by atoms with Gasteiger partial charge in [-0.15, -0.1) is 0 Å². The summed E-state index contributed by atoms with van der Waals surface area (Å²) in [4.78, 5) is 30.6. The minimum Gasteiger partial charge on any atom is -0.493 e. The molecule has 3 atom stereocenters. The number of hydrogen-bond donors (Lipinski definition) is 0. The molecule has 0 radical (unpaired) electrons. The Hall–Kier alpha value is -2.63. The molecule has 1 saturated carbocycles. The van der Waals surface area contributed by atoms with Gasteiger partial charge in [0.05, 0.1) is 36.0 Å². The predicted octanol–water partition coefficient (Wildman–Crippen LogP) is 3.77.